The molecule has 0 atom stereocenters. The van der Waals surface area contributed by atoms with Gasteiger partial charge in [0.2, 0.25) is 10.0 Å². The van der Waals surface area contributed by atoms with E-state index in [0.717, 1.165) is 9.83 Å². The van der Waals surface area contributed by atoms with Gasteiger partial charge in [0, 0.05) is 48.7 Å². The van der Waals surface area contributed by atoms with Crippen LogP contribution < -0.4 is 9.21 Å². The van der Waals surface area contributed by atoms with Gasteiger partial charge in [0.1, 0.15) is 5.82 Å². The molecule has 2 aliphatic rings. The topological polar surface area (TPSA) is 108 Å². The summed E-state index contributed by atoms with van der Waals surface area (Å²) in [6.45, 7) is 2.02. The molecule has 4 rings (SSSR count). The molecule has 1 amide bonds. The van der Waals surface area contributed by atoms with E-state index in [1.807, 2.05) is 11.0 Å². The van der Waals surface area contributed by atoms with Crippen molar-refractivity contribution in [2.75, 3.05) is 53.9 Å². The van der Waals surface area contributed by atoms with Gasteiger partial charge in [0.25, 0.3) is 5.91 Å². The maximum atomic E-state index is 13.3. The Morgan fingerprint density at radius 3 is 2.39 bits per heavy atom. The number of benzene rings is 1. The summed E-state index contributed by atoms with van der Waals surface area (Å²) in [4.78, 5) is 21.0. The number of halogens is 2. The van der Waals surface area contributed by atoms with Crippen LogP contribution in [0.15, 0.2) is 35.4 Å². The second-order valence-electron chi connectivity index (χ2n) is 7.93. The highest BCUT2D eigenvalue weighted by atomic mass is 127. The number of sulfonamides is 1. The van der Waals surface area contributed by atoms with E-state index in [1.54, 1.807) is 11.1 Å². The van der Waals surface area contributed by atoms with Crippen molar-refractivity contribution < 1.29 is 21.6 Å². The molecule has 2 aliphatic heterocycles. The van der Waals surface area contributed by atoms with Gasteiger partial charge in [-0.1, -0.05) is 11.6 Å². The van der Waals surface area contributed by atoms with Crippen LogP contribution in [0, 0.1) is 3.57 Å². The fraction of sp³-hybridized carbons (Fsp3) is 0.400. The molecule has 2 saturated heterocycles. The molecule has 1 aromatic carbocycles. The number of nitrogens with zero attached hydrogens (tertiary/aromatic N) is 4. The third-order valence-corrected chi connectivity index (χ3v) is 9.51. The lowest BCUT2D eigenvalue weighted by Gasteiger charge is -2.36. The SMILES string of the molecule is CS(=O)(=O)c1cc(N2CCCS2(=O)=O)ccc1C(=O)N1CCN(c2ncc(I)cc2Cl)CC1. The zero-order valence-electron chi connectivity index (χ0n) is 17.7. The predicted octanol–water partition coefficient (Wildman–Crippen LogP) is 2.25. The minimum atomic E-state index is -3.78. The number of hydrogen-bond donors (Lipinski definition) is 0. The Hall–Kier alpha value is -1.64. The van der Waals surface area contributed by atoms with Crippen LogP contribution in [-0.2, 0) is 19.9 Å². The second kappa shape index (κ2) is 9.19. The molecular weight excluding hydrogens is 603 g/mol. The Bertz CT molecular complexity index is 1310. The van der Waals surface area contributed by atoms with Gasteiger partial charge in [-0.3, -0.25) is 9.10 Å². The summed E-state index contributed by atoms with van der Waals surface area (Å²) in [6, 6.07) is 6.02. The first-order valence-electron chi connectivity index (χ1n) is 10.2. The normalized spacial score (nSPS) is 18.6. The molecule has 0 spiro atoms. The third kappa shape index (κ3) is 5.08. The standard InChI is InChI=1S/C20H22ClIN4O5S2/c1-32(28,29)18-12-15(26-5-2-10-33(26,30)31)3-4-16(18)20(27)25-8-6-24(7-9-25)19-17(21)11-14(22)13-23-19/h3-4,11-13H,2,5-10H2,1H3. The van der Waals surface area contributed by atoms with E-state index in [0.29, 0.717) is 43.4 Å². The molecule has 0 saturated carbocycles. The Kier molecular flexibility index (Phi) is 6.82. The van der Waals surface area contributed by atoms with Crippen LogP contribution in [0.1, 0.15) is 16.8 Å². The largest absolute Gasteiger partial charge is 0.352 e. The zero-order valence-corrected chi connectivity index (χ0v) is 22.3. The Balaban J connectivity index is 1.57. The molecule has 0 radical (unpaired) electrons. The Labute approximate surface area is 211 Å². The van der Waals surface area contributed by atoms with Crippen LogP contribution in [0.4, 0.5) is 11.5 Å². The molecule has 2 aromatic rings. The number of amides is 1. The average molecular weight is 625 g/mol. The molecule has 9 nitrogen and oxygen atoms in total. The third-order valence-electron chi connectivity index (χ3n) is 5.64. The van der Waals surface area contributed by atoms with Crippen LogP contribution in [-0.4, -0.2) is 77.4 Å². The number of carbonyl (C=O) groups excluding carboxylic acids is 1. The average Bonchev–Trinajstić information content (AvgIpc) is 3.11. The first-order valence-corrected chi connectivity index (χ1v) is 15.1. The van der Waals surface area contributed by atoms with E-state index in [2.05, 4.69) is 27.6 Å². The van der Waals surface area contributed by atoms with Crippen molar-refractivity contribution in [1.82, 2.24) is 9.88 Å². The first-order chi connectivity index (χ1) is 15.5. The van der Waals surface area contributed by atoms with Crippen molar-refractivity contribution in [2.24, 2.45) is 0 Å². The number of piperazine rings is 1. The van der Waals surface area contributed by atoms with Gasteiger partial charge in [0.15, 0.2) is 9.84 Å². The van der Waals surface area contributed by atoms with Gasteiger partial charge in [-0.25, -0.2) is 21.8 Å². The fourth-order valence-electron chi connectivity index (χ4n) is 4.01. The number of hydrogen-bond acceptors (Lipinski definition) is 7. The first kappa shape index (κ1) is 24.5. The van der Waals surface area contributed by atoms with Crippen molar-refractivity contribution in [2.45, 2.75) is 11.3 Å². The van der Waals surface area contributed by atoms with Gasteiger partial charge >= 0.3 is 0 Å². The lowest BCUT2D eigenvalue weighted by Crippen LogP contribution is -2.49. The molecule has 13 heteroatoms. The quantitative estimate of drug-likeness (QED) is 0.481. The molecule has 2 fully saturated rings. The van der Waals surface area contributed by atoms with Crippen molar-refractivity contribution in [1.29, 1.82) is 0 Å². The summed E-state index contributed by atoms with van der Waals surface area (Å²) in [6.07, 6.45) is 3.21. The van der Waals surface area contributed by atoms with E-state index in [9.17, 15) is 21.6 Å². The molecule has 3 heterocycles. The Morgan fingerprint density at radius 1 is 1.12 bits per heavy atom. The van der Waals surface area contributed by atoms with Crippen LogP contribution in [0.3, 0.4) is 0 Å². The Morgan fingerprint density at radius 2 is 1.82 bits per heavy atom. The highest BCUT2D eigenvalue weighted by Gasteiger charge is 2.32. The summed E-state index contributed by atoms with van der Waals surface area (Å²) >= 11 is 8.45. The van der Waals surface area contributed by atoms with Crippen LogP contribution >= 0.6 is 34.2 Å². The van der Waals surface area contributed by atoms with Crippen LogP contribution in [0.5, 0.6) is 0 Å². The minimum absolute atomic E-state index is 0.0195. The number of sulfone groups is 1. The highest BCUT2D eigenvalue weighted by molar-refractivity contribution is 14.1. The number of aromatic nitrogens is 1. The molecule has 178 valence electrons. The van der Waals surface area contributed by atoms with Gasteiger partial charge in [-0.05, 0) is 53.3 Å². The zero-order chi connectivity index (χ0) is 24.0. The van der Waals surface area contributed by atoms with Crippen molar-refractivity contribution in [3.63, 3.8) is 0 Å². The number of rotatable bonds is 4. The summed E-state index contributed by atoms with van der Waals surface area (Å²) in [7, 11) is -7.25. The van der Waals surface area contributed by atoms with E-state index in [1.165, 1.54) is 22.5 Å². The van der Waals surface area contributed by atoms with Gasteiger partial charge < -0.3 is 9.80 Å². The molecule has 0 aliphatic carbocycles. The highest BCUT2D eigenvalue weighted by Crippen LogP contribution is 2.30. The summed E-state index contributed by atoms with van der Waals surface area (Å²) in [5.41, 5.74) is 0.297. The molecule has 0 bridgehead atoms. The number of anilines is 2. The summed E-state index contributed by atoms with van der Waals surface area (Å²) in [5, 5.41) is 0.536. The monoisotopic (exact) mass is 624 g/mol. The maximum absolute atomic E-state index is 13.3. The van der Waals surface area contributed by atoms with Gasteiger partial charge in [-0.2, -0.15) is 0 Å². The number of pyridine rings is 1. The van der Waals surface area contributed by atoms with Gasteiger partial charge in [0.05, 0.1) is 26.9 Å². The minimum Gasteiger partial charge on any atom is -0.352 e. The number of carbonyl (C=O) groups is 1. The predicted molar refractivity (Wildman–Crippen MR) is 135 cm³/mol. The molecule has 0 N–H and O–H groups in total. The molecule has 0 unspecified atom stereocenters. The van der Waals surface area contributed by atoms with Crippen LogP contribution in [0.25, 0.3) is 0 Å². The lowest BCUT2D eigenvalue weighted by atomic mass is 10.1. The molecular formula is C20H22ClIN4O5S2. The van der Waals surface area contributed by atoms with Gasteiger partial charge in [-0.15, -0.1) is 0 Å². The molecule has 1 aromatic heterocycles. The van der Waals surface area contributed by atoms with E-state index in [4.69, 9.17) is 11.6 Å². The summed E-state index contributed by atoms with van der Waals surface area (Å²) < 4.78 is 51.7. The summed E-state index contributed by atoms with van der Waals surface area (Å²) in [5.74, 6) is 0.260. The van der Waals surface area contributed by atoms with E-state index >= 15 is 0 Å². The molecule has 33 heavy (non-hydrogen) atoms. The van der Waals surface area contributed by atoms with E-state index in [-0.39, 0.29) is 28.4 Å². The maximum Gasteiger partial charge on any atom is 0.255 e. The lowest BCUT2D eigenvalue weighted by molar-refractivity contribution is 0.0742. The van der Waals surface area contributed by atoms with Crippen molar-refractivity contribution >= 4 is 71.5 Å². The van der Waals surface area contributed by atoms with Crippen molar-refractivity contribution in [3.05, 3.63) is 44.6 Å². The second-order valence-corrected chi connectivity index (χ2v) is 13.6. The van der Waals surface area contributed by atoms with Crippen molar-refractivity contribution in [3.8, 4) is 0 Å². The smallest absolute Gasteiger partial charge is 0.255 e. The van der Waals surface area contributed by atoms with E-state index < -0.39 is 25.8 Å². The van der Waals surface area contributed by atoms with Crippen LogP contribution in [0.2, 0.25) is 5.02 Å². The fourth-order valence-corrected chi connectivity index (χ4v) is 7.38.